The summed E-state index contributed by atoms with van der Waals surface area (Å²) in [5, 5.41) is 13.0. The Morgan fingerprint density at radius 1 is 1.33 bits per heavy atom. The maximum absolute atomic E-state index is 13.7. The Kier molecular flexibility index (Phi) is 4.81. The number of halogens is 1. The van der Waals surface area contributed by atoms with Crippen LogP contribution in [-0.2, 0) is 17.6 Å². The van der Waals surface area contributed by atoms with Crippen molar-refractivity contribution in [3.8, 4) is 5.75 Å². The number of hydrogen-bond acceptors (Lipinski definition) is 3. The van der Waals surface area contributed by atoms with E-state index in [0.717, 1.165) is 16.7 Å². The van der Waals surface area contributed by atoms with E-state index in [0.29, 0.717) is 12.8 Å². The molecule has 0 saturated carbocycles. The number of benzene rings is 2. The van der Waals surface area contributed by atoms with Crippen LogP contribution in [0, 0.1) is 5.82 Å². The number of aliphatic hydroxyl groups is 1. The van der Waals surface area contributed by atoms with Crippen molar-refractivity contribution < 1.29 is 19.0 Å². The fourth-order valence-electron chi connectivity index (χ4n) is 3.12. The molecule has 0 spiro atoms. The molecule has 0 aromatic heterocycles. The summed E-state index contributed by atoms with van der Waals surface area (Å²) < 4.78 is 18.5. The van der Waals surface area contributed by atoms with E-state index < -0.39 is 11.9 Å². The fraction of sp³-hybridized carbons (Fsp3) is 0.316. The number of ether oxygens (including phenoxy) is 1. The molecular formula is C19H20FNO3. The number of rotatable bonds is 5. The van der Waals surface area contributed by atoms with E-state index in [9.17, 15) is 14.3 Å². The predicted octanol–water partition coefficient (Wildman–Crippen LogP) is 2.54. The molecule has 126 valence electrons. The van der Waals surface area contributed by atoms with Crippen LogP contribution in [0.25, 0.3) is 0 Å². The zero-order chi connectivity index (χ0) is 17.1. The number of fused-ring (bicyclic) bond motifs is 1. The van der Waals surface area contributed by atoms with Crippen molar-refractivity contribution in [3.63, 3.8) is 0 Å². The molecule has 1 amide bonds. The van der Waals surface area contributed by atoms with Gasteiger partial charge in [-0.25, -0.2) is 4.39 Å². The second-order valence-corrected chi connectivity index (χ2v) is 5.98. The third kappa shape index (κ3) is 3.41. The monoisotopic (exact) mass is 329 g/mol. The number of aryl methyl sites for hydroxylation is 1. The van der Waals surface area contributed by atoms with Crippen LogP contribution in [-0.4, -0.2) is 24.2 Å². The zero-order valence-corrected chi connectivity index (χ0v) is 13.5. The van der Waals surface area contributed by atoms with Gasteiger partial charge in [0.05, 0.1) is 19.3 Å². The fourth-order valence-corrected chi connectivity index (χ4v) is 3.12. The molecule has 1 aliphatic carbocycles. The lowest BCUT2D eigenvalue weighted by Gasteiger charge is -2.18. The van der Waals surface area contributed by atoms with Gasteiger partial charge in [-0.05, 0) is 35.2 Å². The zero-order valence-electron chi connectivity index (χ0n) is 13.5. The van der Waals surface area contributed by atoms with Gasteiger partial charge >= 0.3 is 0 Å². The molecule has 0 saturated heterocycles. The summed E-state index contributed by atoms with van der Waals surface area (Å²) in [5.41, 5.74) is 2.76. The Hall–Kier alpha value is -2.40. The van der Waals surface area contributed by atoms with Gasteiger partial charge in [0.1, 0.15) is 0 Å². The number of aliphatic hydroxyl groups excluding tert-OH is 1. The topological polar surface area (TPSA) is 58.6 Å². The second kappa shape index (κ2) is 7.01. The summed E-state index contributed by atoms with van der Waals surface area (Å²) in [4.78, 5) is 12.2. The number of carbonyl (C=O) groups excluding carboxylic acids is 1. The van der Waals surface area contributed by atoms with E-state index in [-0.39, 0.29) is 24.1 Å². The summed E-state index contributed by atoms with van der Waals surface area (Å²) in [6.45, 7) is 0. The third-order valence-electron chi connectivity index (χ3n) is 4.38. The van der Waals surface area contributed by atoms with E-state index in [1.807, 2.05) is 24.3 Å². The number of carbonyl (C=O) groups is 1. The van der Waals surface area contributed by atoms with Gasteiger partial charge in [-0.3, -0.25) is 4.79 Å². The van der Waals surface area contributed by atoms with Crippen molar-refractivity contribution in [2.24, 2.45) is 0 Å². The number of amides is 1. The summed E-state index contributed by atoms with van der Waals surface area (Å²) in [6, 6.07) is 12.0. The van der Waals surface area contributed by atoms with Gasteiger partial charge in [0, 0.05) is 12.8 Å². The molecule has 0 heterocycles. The standard InChI is InChI=1S/C19H20FNO3/c1-24-17-8-6-12(10-15(17)20)7-9-18(23)21-19-14-5-3-2-4-13(14)11-16(19)22/h2-6,8,10,16,19,22H,7,9,11H2,1H3,(H,21,23). The summed E-state index contributed by atoms with van der Waals surface area (Å²) >= 11 is 0. The van der Waals surface area contributed by atoms with Crippen molar-refractivity contribution in [1.82, 2.24) is 5.32 Å². The minimum Gasteiger partial charge on any atom is -0.494 e. The molecular weight excluding hydrogens is 309 g/mol. The molecule has 1 aliphatic rings. The van der Waals surface area contributed by atoms with Gasteiger partial charge in [-0.1, -0.05) is 30.3 Å². The van der Waals surface area contributed by atoms with E-state index >= 15 is 0 Å². The van der Waals surface area contributed by atoms with Gasteiger partial charge in [0.15, 0.2) is 11.6 Å². The van der Waals surface area contributed by atoms with E-state index in [4.69, 9.17) is 4.74 Å². The van der Waals surface area contributed by atoms with Gasteiger partial charge < -0.3 is 15.2 Å². The molecule has 2 N–H and O–H groups in total. The highest BCUT2D eigenvalue weighted by Crippen LogP contribution is 2.31. The van der Waals surface area contributed by atoms with Gasteiger partial charge in [0.25, 0.3) is 0 Å². The smallest absolute Gasteiger partial charge is 0.220 e. The molecule has 24 heavy (non-hydrogen) atoms. The van der Waals surface area contributed by atoms with Crippen LogP contribution in [0.3, 0.4) is 0 Å². The highest BCUT2D eigenvalue weighted by molar-refractivity contribution is 5.77. The maximum Gasteiger partial charge on any atom is 0.220 e. The molecule has 5 heteroatoms. The Balaban J connectivity index is 1.59. The first-order valence-electron chi connectivity index (χ1n) is 7.96. The van der Waals surface area contributed by atoms with Crippen LogP contribution in [0.1, 0.15) is 29.2 Å². The lowest BCUT2D eigenvalue weighted by atomic mass is 10.1. The van der Waals surface area contributed by atoms with E-state index in [1.165, 1.54) is 13.2 Å². The van der Waals surface area contributed by atoms with E-state index in [2.05, 4.69) is 5.32 Å². The molecule has 3 rings (SSSR count). The first kappa shape index (κ1) is 16.5. The minimum absolute atomic E-state index is 0.160. The first-order valence-corrected chi connectivity index (χ1v) is 7.96. The van der Waals surface area contributed by atoms with Crippen molar-refractivity contribution in [1.29, 1.82) is 0 Å². The third-order valence-corrected chi connectivity index (χ3v) is 4.38. The molecule has 2 aromatic rings. The van der Waals surface area contributed by atoms with Gasteiger partial charge in [-0.2, -0.15) is 0 Å². The molecule has 2 aromatic carbocycles. The molecule has 0 fully saturated rings. The van der Waals surface area contributed by atoms with Crippen molar-refractivity contribution in [2.75, 3.05) is 7.11 Å². The van der Waals surface area contributed by atoms with Crippen molar-refractivity contribution in [3.05, 3.63) is 65.0 Å². The minimum atomic E-state index is -0.607. The van der Waals surface area contributed by atoms with Crippen LogP contribution in [0.4, 0.5) is 4.39 Å². The Labute approximate surface area is 140 Å². The molecule has 2 unspecified atom stereocenters. The Morgan fingerprint density at radius 2 is 2.12 bits per heavy atom. The van der Waals surface area contributed by atoms with Crippen LogP contribution in [0.15, 0.2) is 42.5 Å². The SMILES string of the molecule is COc1ccc(CCC(=O)NC2c3ccccc3CC2O)cc1F. The number of hydrogen-bond donors (Lipinski definition) is 2. The summed E-state index contributed by atoms with van der Waals surface area (Å²) in [6.07, 6.45) is 0.601. The molecule has 0 radical (unpaired) electrons. The number of methoxy groups -OCH3 is 1. The van der Waals surface area contributed by atoms with Gasteiger partial charge in [0.2, 0.25) is 5.91 Å². The predicted molar refractivity (Wildman–Crippen MR) is 88.3 cm³/mol. The van der Waals surface area contributed by atoms with Crippen molar-refractivity contribution >= 4 is 5.91 Å². The highest BCUT2D eigenvalue weighted by atomic mass is 19.1. The number of nitrogens with one attached hydrogen (secondary N) is 1. The quantitative estimate of drug-likeness (QED) is 0.886. The Bertz CT molecular complexity index is 747. The maximum atomic E-state index is 13.7. The molecule has 0 bridgehead atoms. The van der Waals surface area contributed by atoms with Crippen molar-refractivity contribution in [2.45, 2.75) is 31.4 Å². The average molecular weight is 329 g/mol. The first-order chi connectivity index (χ1) is 11.6. The second-order valence-electron chi connectivity index (χ2n) is 5.98. The van der Waals surface area contributed by atoms with Crippen LogP contribution in [0.2, 0.25) is 0 Å². The summed E-state index contributed by atoms with van der Waals surface area (Å²) in [7, 11) is 1.41. The largest absolute Gasteiger partial charge is 0.494 e. The highest BCUT2D eigenvalue weighted by Gasteiger charge is 2.31. The van der Waals surface area contributed by atoms with Crippen LogP contribution in [0.5, 0.6) is 5.75 Å². The Morgan fingerprint density at radius 3 is 2.88 bits per heavy atom. The average Bonchev–Trinajstić information content (AvgIpc) is 2.89. The van der Waals surface area contributed by atoms with Crippen LogP contribution < -0.4 is 10.1 Å². The van der Waals surface area contributed by atoms with Gasteiger partial charge in [-0.15, -0.1) is 0 Å². The molecule has 0 aliphatic heterocycles. The summed E-state index contributed by atoms with van der Waals surface area (Å²) in [5.74, 6) is -0.406. The molecule has 4 nitrogen and oxygen atoms in total. The normalized spacial score (nSPS) is 19.0. The van der Waals surface area contributed by atoms with Crippen LogP contribution >= 0.6 is 0 Å². The molecule has 2 atom stereocenters. The lowest BCUT2D eigenvalue weighted by Crippen LogP contribution is -2.33. The lowest BCUT2D eigenvalue weighted by molar-refractivity contribution is -0.122. The van der Waals surface area contributed by atoms with E-state index in [1.54, 1.807) is 12.1 Å².